The lowest BCUT2D eigenvalue weighted by Gasteiger charge is -2.05. The minimum absolute atomic E-state index is 0.981. The van der Waals surface area contributed by atoms with Gasteiger partial charge in [0.25, 0.3) is 0 Å². The fraction of sp³-hybridized carbons (Fsp3) is 0.250. The van der Waals surface area contributed by atoms with Crippen LogP contribution in [0.2, 0.25) is 0 Å². The molecule has 1 aromatic rings. The molecule has 0 saturated heterocycles. The van der Waals surface area contributed by atoms with Gasteiger partial charge in [0.1, 0.15) is 0 Å². The molecule has 0 aliphatic carbocycles. The lowest BCUT2D eigenvalue weighted by Crippen LogP contribution is -1.88. The number of rotatable bonds is 2. The van der Waals surface area contributed by atoms with Crippen molar-refractivity contribution in [2.24, 2.45) is 0 Å². The van der Waals surface area contributed by atoms with Crippen LogP contribution >= 0.6 is 63.7 Å². The predicted octanol–water partition coefficient (Wildman–Crippen LogP) is 4.91. The largest absolute Gasteiger partial charge is 0.0924 e. The van der Waals surface area contributed by atoms with Crippen LogP contribution in [-0.2, 0) is 6.42 Å². The van der Waals surface area contributed by atoms with Gasteiger partial charge >= 0.3 is 0 Å². The van der Waals surface area contributed by atoms with Crippen LogP contribution in [-0.4, -0.2) is 5.33 Å². The van der Waals surface area contributed by atoms with Crippen molar-refractivity contribution in [1.82, 2.24) is 0 Å². The Morgan fingerprint density at radius 1 is 1.08 bits per heavy atom. The zero-order chi connectivity index (χ0) is 9.14. The first kappa shape index (κ1) is 11.2. The summed E-state index contributed by atoms with van der Waals surface area (Å²) in [5.41, 5.74) is 1.30. The molecular weight excluding hydrogens is 416 g/mol. The van der Waals surface area contributed by atoms with Crippen molar-refractivity contribution in [2.75, 3.05) is 5.33 Å². The highest BCUT2D eigenvalue weighted by atomic mass is 79.9. The predicted molar refractivity (Wildman–Crippen MR) is 67.0 cm³/mol. The summed E-state index contributed by atoms with van der Waals surface area (Å²) in [5.74, 6) is 0. The second-order valence-corrected chi connectivity index (χ2v) is 5.66. The third-order valence-corrected chi connectivity index (χ3v) is 4.38. The molecule has 0 saturated carbocycles. The van der Waals surface area contributed by atoms with Gasteiger partial charge < -0.3 is 0 Å². The Morgan fingerprint density at radius 3 is 2.33 bits per heavy atom. The Balaban J connectivity index is 3.09. The molecule has 1 aromatic carbocycles. The molecular formula is C8H6Br4. The van der Waals surface area contributed by atoms with E-state index in [4.69, 9.17) is 0 Å². The van der Waals surface area contributed by atoms with Crippen LogP contribution in [0.4, 0.5) is 0 Å². The maximum Gasteiger partial charge on any atom is 0.0350 e. The molecule has 12 heavy (non-hydrogen) atoms. The highest BCUT2D eigenvalue weighted by Crippen LogP contribution is 2.31. The second kappa shape index (κ2) is 5.13. The topological polar surface area (TPSA) is 0 Å². The molecule has 0 amide bonds. The molecule has 0 radical (unpaired) electrons. The fourth-order valence-electron chi connectivity index (χ4n) is 0.893. The van der Waals surface area contributed by atoms with Crippen molar-refractivity contribution < 1.29 is 0 Å². The molecule has 0 nitrogen and oxygen atoms in total. The standard InChI is InChI=1S/C8H6Br4/c9-2-1-5-3-6(10)4-7(11)8(5)12/h3-4H,1-2H2. The van der Waals surface area contributed by atoms with Gasteiger partial charge in [-0.2, -0.15) is 0 Å². The van der Waals surface area contributed by atoms with Gasteiger partial charge in [0.2, 0.25) is 0 Å². The summed E-state index contributed by atoms with van der Waals surface area (Å²) in [7, 11) is 0. The van der Waals surface area contributed by atoms with Crippen LogP contribution < -0.4 is 0 Å². The van der Waals surface area contributed by atoms with Gasteiger partial charge in [-0.1, -0.05) is 31.9 Å². The lowest BCUT2D eigenvalue weighted by atomic mass is 10.2. The molecule has 0 atom stereocenters. The van der Waals surface area contributed by atoms with E-state index in [0.29, 0.717) is 0 Å². The van der Waals surface area contributed by atoms with Crippen LogP contribution in [0.5, 0.6) is 0 Å². The summed E-state index contributed by atoms with van der Waals surface area (Å²) in [6.07, 6.45) is 1.03. The van der Waals surface area contributed by atoms with Crippen LogP contribution in [0.1, 0.15) is 5.56 Å². The zero-order valence-corrected chi connectivity index (χ0v) is 12.4. The monoisotopic (exact) mass is 418 g/mol. The van der Waals surface area contributed by atoms with Gasteiger partial charge in [-0.25, -0.2) is 0 Å². The average Bonchev–Trinajstić information content (AvgIpc) is 2.00. The Hall–Kier alpha value is 1.14. The highest BCUT2D eigenvalue weighted by Gasteiger charge is 2.04. The van der Waals surface area contributed by atoms with Gasteiger partial charge in [-0.3, -0.25) is 0 Å². The van der Waals surface area contributed by atoms with Crippen molar-refractivity contribution in [3.63, 3.8) is 0 Å². The first-order chi connectivity index (χ1) is 5.65. The molecule has 0 heterocycles. The molecule has 0 spiro atoms. The quantitative estimate of drug-likeness (QED) is 0.470. The molecule has 0 aliphatic heterocycles. The Morgan fingerprint density at radius 2 is 1.75 bits per heavy atom. The summed E-state index contributed by atoms with van der Waals surface area (Å²) in [6.45, 7) is 0. The number of benzene rings is 1. The maximum absolute atomic E-state index is 3.53. The summed E-state index contributed by atoms with van der Waals surface area (Å²) < 4.78 is 3.34. The number of hydrogen-bond acceptors (Lipinski definition) is 0. The highest BCUT2D eigenvalue weighted by molar-refractivity contribution is 9.13. The van der Waals surface area contributed by atoms with Crippen molar-refractivity contribution in [3.8, 4) is 0 Å². The van der Waals surface area contributed by atoms with E-state index in [9.17, 15) is 0 Å². The molecule has 0 unspecified atom stereocenters. The number of halogens is 4. The van der Waals surface area contributed by atoms with Gasteiger partial charge in [-0.15, -0.1) is 0 Å². The van der Waals surface area contributed by atoms with E-state index in [1.807, 2.05) is 6.07 Å². The summed E-state index contributed by atoms with van der Waals surface area (Å²) in [6, 6.07) is 4.15. The van der Waals surface area contributed by atoms with E-state index in [1.54, 1.807) is 0 Å². The van der Waals surface area contributed by atoms with Crippen LogP contribution in [0.15, 0.2) is 25.6 Å². The molecule has 0 aliphatic rings. The fourth-order valence-corrected chi connectivity index (χ4v) is 3.06. The first-order valence-electron chi connectivity index (χ1n) is 3.34. The Bertz CT molecular complexity index is 283. The van der Waals surface area contributed by atoms with Crippen LogP contribution in [0, 0.1) is 0 Å². The molecule has 4 heteroatoms. The smallest absolute Gasteiger partial charge is 0.0350 e. The summed E-state index contributed by atoms with van der Waals surface area (Å²) in [4.78, 5) is 0. The molecule has 0 N–H and O–H groups in total. The lowest BCUT2D eigenvalue weighted by molar-refractivity contribution is 1.14. The Labute approximate surface area is 106 Å². The average molecular weight is 422 g/mol. The van der Waals surface area contributed by atoms with Crippen LogP contribution in [0.25, 0.3) is 0 Å². The zero-order valence-electron chi connectivity index (χ0n) is 6.08. The molecule has 1 rings (SSSR count). The third kappa shape index (κ3) is 2.82. The minimum atomic E-state index is 0.981. The van der Waals surface area contributed by atoms with Gasteiger partial charge in [0.15, 0.2) is 0 Å². The van der Waals surface area contributed by atoms with E-state index < -0.39 is 0 Å². The first-order valence-corrected chi connectivity index (χ1v) is 6.84. The summed E-state index contributed by atoms with van der Waals surface area (Å²) >= 11 is 13.9. The molecule has 0 fully saturated rings. The van der Waals surface area contributed by atoms with Gasteiger partial charge in [0, 0.05) is 18.7 Å². The number of aryl methyl sites for hydroxylation is 1. The summed E-state index contributed by atoms with van der Waals surface area (Å²) in [5, 5.41) is 0.981. The van der Waals surface area contributed by atoms with E-state index in [-0.39, 0.29) is 0 Å². The van der Waals surface area contributed by atoms with E-state index in [1.165, 1.54) is 5.56 Å². The van der Waals surface area contributed by atoms with Crippen LogP contribution in [0.3, 0.4) is 0 Å². The molecule has 66 valence electrons. The number of alkyl halides is 1. The second-order valence-electron chi connectivity index (χ2n) is 2.30. The van der Waals surface area contributed by atoms with Crippen molar-refractivity contribution in [2.45, 2.75) is 6.42 Å². The SMILES string of the molecule is BrCCc1cc(Br)cc(Br)c1Br. The van der Waals surface area contributed by atoms with Crippen molar-refractivity contribution in [3.05, 3.63) is 31.1 Å². The van der Waals surface area contributed by atoms with Gasteiger partial charge in [-0.05, 0) is 56.0 Å². The molecule has 0 bridgehead atoms. The van der Waals surface area contributed by atoms with E-state index >= 15 is 0 Å². The molecule has 0 aromatic heterocycles. The maximum atomic E-state index is 3.53. The Kier molecular flexibility index (Phi) is 4.79. The number of hydrogen-bond donors (Lipinski definition) is 0. The van der Waals surface area contributed by atoms with Gasteiger partial charge in [0.05, 0.1) is 0 Å². The van der Waals surface area contributed by atoms with Crippen molar-refractivity contribution >= 4 is 63.7 Å². The van der Waals surface area contributed by atoms with E-state index in [2.05, 4.69) is 69.8 Å². The van der Waals surface area contributed by atoms with E-state index in [0.717, 1.165) is 25.2 Å². The normalized spacial score (nSPS) is 10.3. The minimum Gasteiger partial charge on any atom is -0.0924 e. The third-order valence-electron chi connectivity index (χ3n) is 1.43. The van der Waals surface area contributed by atoms with Crippen molar-refractivity contribution in [1.29, 1.82) is 0 Å².